The maximum Gasteiger partial charge on any atom is 0.328 e. The standard InChI is InChI=1S/C13H13ClN4O3/c1-21-13(20)10(5-8-6-15-7-16-8)18-12(19)9-3-2-4-11(14)17-9/h2-4,6-7,10H,5H2,1H3,(H,15,16)(H,18,19)/t10-/m0/s1. The van der Waals surface area contributed by atoms with Crippen LogP contribution in [0.25, 0.3) is 0 Å². The van der Waals surface area contributed by atoms with Crippen molar-refractivity contribution in [2.75, 3.05) is 7.11 Å². The number of aromatic amines is 1. The van der Waals surface area contributed by atoms with E-state index in [-0.39, 0.29) is 17.3 Å². The number of amides is 1. The zero-order chi connectivity index (χ0) is 15.2. The van der Waals surface area contributed by atoms with E-state index in [1.807, 2.05) is 0 Å². The minimum atomic E-state index is -0.844. The van der Waals surface area contributed by atoms with E-state index in [1.165, 1.54) is 19.5 Å². The lowest BCUT2D eigenvalue weighted by atomic mass is 10.1. The molecule has 110 valence electrons. The molecule has 1 atom stereocenters. The van der Waals surface area contributed by atoms with Crippen LogP contribution >= 0.6 is 11.6 Å². The topological polar surface area (TPSA) is 97.0 Å². The van der Waals surface area contributed by atoms with Gasteiger partial charge in [-0.25, -0.2) is 14.8 Å². The van der Waals surface area contributed by atoms with Crippen LogP contribution in [0.5, 0.6) is 0 Å². The van der Waals surface area contributed by atoms with Gasteiger partial charge in [0, 0.05) is 18.3 Å². The molecule has 0 spiro atoms. The smallest absolute Gasteiger partial charge is 0.328 e. The molecule has 0 aliphatic heterocycles. The second-order valence-electron chi connectivity index (χ2n) is 4.18. The number of ether oxygens (including phenoxy) is 1. The van der Waals surface area contributed by atoms with Gasteiger partial charge in [-0.2, -0.15) is 0 Å². The van der Waals surface area contributed by atoms with E-state index in [4.69, 9.17) is 11.6 Å². The molecular weight excluding hydrogens is 296 g/mol. The third kappa shape index (κ3) is 4.03. The van der Waals surface area contributed by atoms with E-state index >= 15 is 0 Å². The van der Waals surface area contributed by atoms with Crippen molar-refractivity contribution in [2.24, 2.45) is 0 Å². The summed E-state index contributed by atoms with van der Waals surface area (Å²) in [4.78, 5) is 34.5. The Morgan fingerprint density at radius 1 is 1.48 bits per heavy atom. The lowest BCUT2D eigenvalue weighted by Crippen LogP contribution is -2.43. The van der Waals surface area contributed by atoms with Crippen LogP contribution in [0.1, 0.15) is 16.2 Å². The largest absolute Gasteiger partial charge is 0.467 e. The molecule has 0 saturated carbocycles. The van der Waals surface area contributed by atoms with Crippen molar-refractivity contribution >= 4 is 23.5 Å². The molecule has 2 aromatic heterocycles. The second-order valence-corrected chi connectivity index (χ2v) is 4.56. The van der Waals surface area contributed by atoms with Gasteiger partial charge in [-0.05, 0) is 12.1 Å². The SMILES string of the molecule is COC(=O)[C@H](Cc1cnc[nH]1)NC(=O)c1cccc(Cl)n1. The lowest BCUT2D eigenvalue weighted by molar-refractivity contribution is -0.142. The fourth-order valence-electron chi connectivity index (χ4n) is 1.72. The van der Waals surface area contributed by atoms with Gasteiger partial charge in [0.2, 0.25) is 0 Å². The maximum atomic E-state index is 12.1. The van der Waals surface area contributed by atoms with Crippen molar-refractivity contribution in [3.63, 3.8) is 0 Å². The first-order valence-electron chi connectivity index (χ1n) is 6.08. The first-order valence-corrected chi connectivity index (χ1v) is 6.46. The summed E-state index contributed by atoms with van der Waals surface area (Å²) < 4.78 is 4.69. The quantitative estimate of drug-likeness (QED) is 0.634. The first kappa shape index (κ1) is 15.0. The molecule has 8 heteroatoms. The van der Waals surface area contributed by atoms with Crippen molar-refractivity contribution in [3.8, 4) is 0 Å². The number of aromatic nitrogens is 3. The Balaban J connectivity index is 2.11. The van der Waals surface area contributed by atoms with Crippen LogP contribution in [-0.2, 0) is 16.0 Å². The van der Waals surface area contributed by atoms with Gasteiger partial charge in [0.1, 0.15) is 16.9 Å². The van der Waals surface area contributed by atoms with E-state index in [2.05, 4.69) is 25.0 Å². The van der Waals surface area contributed by atoms with Crippen molar-refractivity contribution in [2.45, 2.75) is 12.5 Å². The van der Waals surface area contributed by atoms with E-state index in [0.29, 0.717) is 5.69 Å². The van der Waals surface area contributed by atoms with Crippen LogP contribution in [0.2, 0.25) is 5.15 Å². The Kier molecular flexibility index (Phi) is 4.89. The molecule has 0 aliphatic carbocycles. The molecular formula is C13H13ClN4O3. The number of nitrogens with one attached hydrogen (secondary N) is 2. The van der Waals surface area contributed by atoms with Gasteiger partial charge in [0.15, 0.2) is 0 Å². The molecule has 0 aromatic carbocycles. The highest BCUT2D eigenvalue weighted by Crippen LogP contribution is 2.06. The van der Waals surface area contributed by atoms with Crippen LogP contribution in [0.3, 0.4) is 0 Å². The van der Waals surface area contributed by atoms with Gasteiger partial charge < -0.3 is 15.0 Å². The Bertz CT molecular complexity index is 630. The predicted molar refractivity (Wildman–Crippen MR) is 74.8 cm³/mol. The van der Waals surface area contributed by atoms with E-state index < -0.39 is 17.9 Å². The van der Waals surface area contributed by atoms with E-state index in [1.54, 1.807) is 18.3 Å². The van der Waals surface area contributed by atoms with Gasteiger partial charge in [0.05, 0.1) is 13.4 Å². The van der Waals surface area contributed by atoms with Crippen molar-refractivity contribution in [1.29, 1.82) is 0 Å². The van der Waals surface area contributed by atoms with Gasteiger partial charge >= 0.3 is 5.97 Å². The number of methoxy groups -OCH3 is 1. The summed E-state index contributed by atoms with van der Waals surface area (Å²) >= 11 is 5.73. The average molecular weight is 309 g/mol. The molecule has 7 nitrogen and oxygen atoms in total. The fraction of sp³-hybridized carbons (Fsp3) is 0.231. The first-order chi connectivity index (χ1) is 10.1. The minimum Gasteiger partial charge on any atom is -0.467 e. The fourth-order valence-corrected chi connectivity index (χ4v) is 1.88. The van der Waals surface area contributed by atoms with Crippen LogP contribution in [0.15, 0.2) is 30.7 Å². The van der Waals surface area contributed by atoms with Crippen molar-refractivity contribution < 1.29 is 14.3 Å². The number of nitrogens with zero attached hydrogens (tertiary/aromatic N) is 2. The normalized spacial score (nSPS) is 11.7. The maximum absolute atomic E-state index is 12.1. The van der Waals surface area contributed by atoms with Crippen molar-refractivity contribution in [1.82, 2.24) is 20.3 Å². The Hall–Kier alpha value is -2.41. The molecule has 0 aliphatic rings. The van der Waals surface area contributed by atoms with Crippen LogP contribution < -0.4 is 5.32 Å². The summed E-state index contributed by atoms with van der Waals surface area (Å²) in [5.74, 6) is -1.06. The molecule has 21 heavy (non-hydrogen) atoms. The molecule has 0 fully saturated rings. The Morgan fingerprint density at radius 2 is 2.29 bits per heavy atom. The third-order valence-corrected chi connectivity index (χ3v) is 2.93. The highest BCUT2D eigenvalue weighted by Gasteiger charge is 2.23. The van der Waals surface area contributed by atoms with Gasteiger partial charge in [0.25, 0.3) is 5.91 Å². The van der Waals surface area contributed by atoms with Crippen LogP contribution in [0, 0.1) is 0 Å². The number of H-pyrrole nitrogens is 1. The third-order valence-electron chi connectivity index (χ3n) is 2.72. The Labute approximate surface area is 125 Å². The number of rotatable bonds is 5. The molecule has 0 unspecified atom stereocenters. The number of pyridine rings is 1. The van der Waals surface area contributed by atoms with Gasteiger partial charge in [-0.15, -0.1) is 0 Å². The summed E-state index contributed by atoms with van der Waals surface area (Å²) in [6.07, 6.45) is 3.29. The number of hydrogen-bond acceptors (Lipinski definition) is 5. The van der Waals surface area contributed by atoms with Gasteiger partial charge in [-0.1, -0.05) is 17.7 Å². The predicted octanol–water partition coefficient (Wildman–Crippen LogP) is 0.972. The molecule has 2 rings (SSSR count). The van der Waals surface area contributed by atoms with Crippen LogP contribution in [0.4, 0.5) is 0 Å². The zero-order valence-corrected chi connectivity index (χ0v) is 11.9. The second kappa shape index (κ2) is 6.85. The summed E-state index contributed by atoms with van der Waals surface area (Å²) in [5.41, 5.74) is 0.825. The molecule has 2 aromatic rings. The zero-order valence-electron chi connectivity index (χ0n) is 11.2. The van der Waals surface area contributed by atoms with Crippen LogP contribution in [-0.4, -0.2) is 40.0 Å². The number of halogens is 1. The number of hydrogen-bond donors (Lipinski definition) is 2. The molecule has 0 bridgehead atoms. The summed E-state index contributed by atoms with van der Waals surface area (Å²) in [6.45, 7) is 0. The van der Waals surface area contributed by atoms with E-state index in [0.717, 1.165) is 0 Å². The van der Waals surface area contributed by atoms with Gasteiger partial charge in [-0.3, -0.25) is 4.79 Å². The molecule has 0 radical (unpaired) electrons. The highest BCUT2D eigenvalue weighted by atomic mass is 35.5. The Morgan fingerprint density at radius 3 is 2.90 bits per heavy atom. The van der Waals surface area contributed by atoms with E-state index in [9.17, 15) is 9.59 Å². The molecule has 2 N–H and O–H groups in total. The average Bonchev–Trinajstić information content (AvgIpc) is 2.98. The van der Waals surface area contributed by atoms with Crippen molar-refractivity contribution in [3.05, 3.63) is 47.3 Å². The number of carbonyl (C=O) groups excluding carboxylic acids is 2. The summed E-state index contributed by atoms with van der Waals surface area (Å²) in [7, 11) is 1.26. The number of imidazole rings is 1. The number of carbonyl (C=O) groups is 2. The molecule has 1 amide bonds. The summed E-state index contributed by atoms with van der Waals surface area (Å²) in [5, 5.41) is 2.77. The summed E-state index contributed by atoms with van der Waals surface area (Å²) in [6, 6.07) is 3.82. The highest BCUT2D eigenvalue weighted by molar-refractivity contribution is 6.29. The number of esters is 1. The lowest BCUT2D eigenvalue weighted by Gasteiger charge is -2.15. The minimum absolute atomic E-state index is 0.126. The molecule has 0 saturated heterocycles. The molecule has 2 heterocycles. The monoisotopic (exact) mass is 308 g/mol.